The summed E-state index contributed by atoms with van der Waals surface area (Å²) in [7, 11) is 1.59. The van der Waals surface area contributed by atoms with Crippen LogP contribution in [0.3, 0.4) is 0 Å². The van der Waals surface area contributed by atoms with Crippen molar-refractivity contribution in [1.82, 2.24) is 5.32 Å². The van der Waals surface area contributed by atoms with Gasteiger partial charge in [-0.1, -0.05) is 29.8 Å². The molecule has 0 heterocycles. The maximum Gasteiger partial charge on any atom is 0.252 e. The molecule has 2 rings (SSSR count). The lowest BCUT2D eigenvalue weighted by atomic mass is 10.2. The summed E-state index contributed by atoms with van der Waals surface area (Å²) >= 11 is 1.34. The fourth-order valence-corrected chi connectivity index (χ4v) is 2.97. The minimum Gasteiger partial charge on any atom is -0.383 e. The molecular weight excluding hydrogens is 336 g/mol. The Morgan fingerprint density at radius 3 is 2.52 bits per heavy atom. The average molecular weight is 358 g/mol. The Kier molecular flexibility index (Phi) is 7.50. The molecule has 0 aliphatic carbocycles. The summed E-state index contributed by atoms with van der Waals surface area (Å²) in [5.41, 5.74) is 2.47. The number of hydrogen-bond donors (Lipinski definition) is 2. The van der Waals surface area contributed by atoms with E-state index in [0.29, 0.717) is 18.7 Å². The van der Waals surface area contributed by atoms with Crippen LogP contribution >= 0.6 is 11.8 Å². The molecule has 0 fully saturated rings. The quantitative estimate of drug-likeness (QED) is 0.562. The van der Waals surface area contributed by atoms with Gasteiger partial charge < -0.3 is 15.4 Å². The standard InChI is InChI=1S/C19H22N2O3S/c1-14-7-9-15(10-8-14)21-18(22)13-25-17-6-4-3-5-16(17)19(23)20-11-12-24-2/h3-10H,11-13H2,1-2H3,(H,20,23)(H,21,22). The van der Waals surface area contributed by atoms with Crippen LogP contribution in [0.4, 0.5) is 5.69 Å². The first kappa shape index (κ1) is 19.0. The van der Waals surface area contributed by atoms with Gasteiger partial charge in [-0.2, -0.15) is 0 Å². The van der Waals surface area contributed by atoms with Crippen LogP contribution < -0.4 is 10.6 Å². The summed E-state index contributed by atoms with van der Waals surface area (Å²) in [4.78, 5) is 25.1. The zero-order chi connectivity index (χ0) is 18.1. The third-order valence-electron chi connectivity index (χ3n) is 3.42. The first-order valence-electron chi connectivity index (χ1n) is 7.95. The smallest absolute Gasteiger partial charge is 0.252 e. The van der Waals surface area contributed by atoms with Crippen molar-refractivity contribution in [2.45, 2.75) is 11.8 Å². The molecular formula is C19H22N2O3S. The average Bonchev–Trinajstić information content (AvgIpc) is 2.62. The van der Waals surface area contributed by atoms with Crippen molar-refractivity contribution in [3.05, 3.63) is 59.7 Å². The Hall–Kier alpha value is -2.31. The number of anilines is 1. The first-order chi connectivity index (χ1) is 12.1. The molecule has 2 aromatic carbocycles. The van der Waals surface area contributed by atoms with E-state index in [0.717, 1.165) is 16.1 Å². The molecule has 25 heavy (non-hydrogen) atoms. The van der Waals surface area contributed by atoms with Crippen LogP contribution in [0.2, 0.25) is 0 Å². The van der Waals surface area contributed by atoms with E-state index in [4.69, 9.17) is 4.74 Å². The third kappa shape index (κ3) is 6.25. The van der Waals surface area contributed by atoms with E-state index in [-0.39, 0.29) is 17.6 Å². The molecule has 0 aromatic heterocycles. The number of hydrogen-bond acceptors (Lipinski definition) is 4. The summed E-state index contributed by atoms with van der Waals surface area (Å²) in [5, 5.41) is 5.65. The van der Waals surface area contributed by atoms with Crippen molar-refractivity contribution in [2.75, 3.05) is 31.3 Å². The maximum atomic E-state index is 12.2. The lowest BCUT2D eigenvalue weighted by Crippen LogP contribution is -2.27. The van der Waals surface area contributed by atoms with Crippen LogP contribution in [-0.4, -0.2) is 37.8 Å². The van der Waals surface area contributed by atoms with E-state index in [1.807, 2.05) is 49.4 Å². The van der Waals surface area contributed by atoms with Crippen molar-refractivity contribution >= 4 is 29.3 Å². The second kappa shape index (κ2) is 9.86. The SMILES string of the molecule is COCCNC(=O)c1ccccc1SCC(=O)Nc1ccc(C)cc1. The number of aryl methyl sites for hydroxylation is 1. The van der Waals surface area contributed by atoms with Crippen molar-refractivity contribution in [3.63, 3.8) is 0 Å². The number of amides is 2. The van der Waals surface area contributed by atoms with Gasteiger partial charge in [0.15, 0.2) is 0 Å². The Morgan fingerprint density at radius 2 is 1.80 bits per heavy atom. The van der Waals surface area contributed by atoms with Crippen LogP contribution in [0.15, 0.2) is 53.4 Å². The molecule has 0 aliphatic rings. The van der Waals surface area contributed by atoms with E-state index in [1.165, 1.54) is 11.8 Å². The zero-order valence-corrected chi connectivity index (χ0v) is 15.2. The van der Waals surface area contributed by atoms with Gasteiger partial charge in [-0.25, -0.2) is 0 Å². The molecule has 0 saturated carbocycles. The number of thioether (sulfide) groups is 1. The molecule has 5 nitrogen and oxygen atoms in total. The molecule has 0 atom stereocenters. The van der Waals surface area contributed by atoms with Crippen LogP contribution in [0.5, 0.6) is 0 Å². The van der Waals surface area contributed by atoms with Gasteiger partial charge in [0.25, 0.3) is 5.91 Å². The summed E-state index contributed by atoms with van der Waals surface area (Å²) in [6.07, 6.45) is 0. The van der Waals surface area contributed by atoms with E-state index < -0.39 is 0 Å². The molecule has 0 aliphatic heterocycles. The maximum absolute atomic E-state index is 12.2. The van der Waals surface area contributed by atoms with E-state index in [9.17, 15) is 9.59 Å². The number of carbonyl (C=O) groups is 2. The number of ether oxygens (including phenoxy) is 1. The van der Waals surface area contributed by atoms with Gasteiger partial charge in [0, 0.05) is 24.2 Å². The van der Waals surface area contributed by atoms with Crippen molar-refractivity contribution < 1.29 is 14.3 Å². The number of benzene rings is 2. The Bertz CT molecular complexity index is 717. The number of rotatable bonds is 8. The molecule has 0 bridgehead atoms. The predicted octanol–water partition coefficient (Wildman–Crippen LogP) is 3.10. The number of methoxy groups -OCH3 is 1. The summed E-state index contributed by atoms with van der Waals surface area (Å²) in [6, 6.07) is 14.9. The highest BCUT2D eigenvalue weighted by Gasteiger charge is 2.12. The van der Waals surface area contributed by atoms with Crippen molar-refractivity contribution in [2.24, 2.45) is 0 Å². The molecule has 0 spiro atoms. The van der Waals surface area contributed by atoms with Gasteiger partial charge in [-0.3, -0.25) is 9.59 Å². The molecule has 0 radical (unpaired) electrons. The topological polar surface area (TPSA) is 67.4 Å². The Labute approximate surface area is 152 Å². The van der Waals surface area contributed by atoms with Crippen LogP contribution in [0, 0.1) is 6.92 Å². The molecule has 2 aromatic rings. The molecule has 2 amide bonds. The monoisotopic (exact) mass is 358 g/mol. The minimum atomic E-state index is -0.168. The van der Waals surface area contributed by atoms with Gasteiger partial charge in [-0.05, 0) is 31.2 Å². The Balaban J connectivity index is 1.92. The Morgan fingerprint density at radius 1 is 1.08 bits per heavy atom. The minimum absolute atomic E-state index is 0.108. The van der Waals surface area contributed by atoms with Gasteiger partial charge in [0.1, 0.15) is 0 Å². The van der Waals surface area contributed by atoms with Crippen LogP contribution in [0.25, 0.3) is 0 Å². The first-order valence-corrected chi connectivity index (χ1v) is 8.94. The highest BCUT2D eigenvalue weighted by atomic mass is 32.2. The van der Waals surface area contributed by atoms with E-state index in [1.54, 1.807) is 13.2 Å². The predicted molar refractivity (Wildman–Crippen MR) is 101 cm³/mol. The van der Waals surface area contributed by atoms with Gasteiger partial charge in [0.2, 0.25) is 5.91 Å². The highest BCUT2D eigenvalue weighted by molar-refractivity contribution is 8.00. The lowest BCUT2D eigenvalue weighted by Gasteiger charge is -2.10. The van der Waals surface area contributed by atoms with Crippen LogP contribution in [-0.2, 0) is 9.53 Å². The van der Waals surface area contributed by atoms with Crippen LogP contribution in [0.1, 0.15) is 15.9 Å². The van der Waals surface area contributed by atoms with Gasteiger partial charge in [0.05, 0.1) is 17.9 Å². The van der Waals surface area contributed by atoms with Crippen molar-refractivity contribution in [1.29, 1.82) is 0 Å². The second-order valence-electron chi connectivity index (χ2n) is 5.45. The van der Waals surface area contributed by atoms with Gasteiger partial charge >= 0.3 is 0 Å². The molecule has 132 valence electrons. The summed E-state index contributed by atoms with van der Waals surface area (Å²) in [6.45, 7) is 2.90. The molecule has 2 N–H and O–H groups in total. The third-order valence-corrected chi connectivity index (χ3v) is 4.49. The zero-order valence-electron chi connectivity index (χ0n) is 14.4. The van der Waals surface area contributed by atoms with Gasteiger partial charge in [-0.15, -0.1) is 11.8 Å². The summed E-state index contributed by atoms with van der Waals surface area (Å²) < 4.78 is 4.93. The fraction of sp³-hybridized carbons (Fsp3) is 0.263. The lowest BCUT2D eigenvalue weighted by molar-refractivity contribution is -0.113. The second-order valence-corrected chi connectivity index (χ2v) is 6.46. The molecule has 0 unspecified atom stereocenters. The largest absolute Gasteiger partial charge is 0.383 e. The van der Waals surface area contributed by atoms with E-state index in [2.05, 4.69) is 10.6 Å². The summed E-state index contributed by atoms with van der Waals surface area (Å²) in [5.74, 6) is -0.0430. The molecule has 0 saturated heterocycles. The fourth-order valence-electron chi connectivity index (χ4n) is 2.12. The number of carbonyl (C=O) groups excluding carboxylic acids is 2. The van der Waals surface area contributed by atoms with E-state index >= 15 is 0 Å². The highest BCUT2D eigenvalue weighted by Crippen LogP contribution is 2.23. The molecule has 6 heteroatoms. The van der Waals surface area contributed by atoms with Crippen molar-refractivity contribution in [3.8, 4) is 0 Å². The normalized spacial score (nSPS) is 10.3. The number of nitrogens with one attached hydrogen (secondary N) is 2.